The molecule has 0 heterocycles. The van der Waals surface area contributed by atoms with E-state index in [1.165, 1.54) is 65.0 Å². The van der Waals surface area contributed by atoms with Crippen LogP contribution in [-0.2, 0) is 19.5 Å². The molecule has 0 amide bonds. The molecule has 6 aromatic carbocycles. The van der Waals surface area contributed by atoms with Crippen molar-refractivity contribution in [3.8, 4) is 11.1 Å². The molecule has 0 saturated carbocycles. The average molecular weight is 673 g/mol. The fourth-order valence-electron chi connectivity index (χ4n) is 4.87. The first kappa shape index (κ1) is 31.4. The van der Waals surface area contributed by atoms with E-state index in [4.69, 9.17) is 0 Å². The van der Waals surface area contributed by atoms with Crippen LogP contribution >= 0.6 is 42.0 Å². The van der Waals surface area contributed by atoms with E-state index in [0.29, 0.717) is 17.2 Å². The van der Waals surface area contributed by atoms with Crippen LogP contribution in [0.1, 0.15) is 11.1 Å². The molecular weight excluding hydrogens is 642 g/mol. The van der Waals surface area contributed by atoms with Crippen molar-refractivity contribution in [3.63, 3.8) is 0 Å². The third kappa shape index (κ3) is 6.80. The topological polar surface area (TPSA) is 0 Å². The van der Waals surface area contributed by atoms with Crippen LogP contribution in [-0.4, -0.2) is 0 Å². The van der Waals surface area contributed by atoms with Crippen molar-refractivity contribution in [3.05, 3.63) is 132 Å². The minimum atomic E-state index is 0. The second-order valence-corrected chi connectivity index (χ2v) is 12.1. The van der Waals surface area contributed by atoms with Gasteiger partial charge >= 0.3 is 0 Å². The molecule has 0 aliphatic heterocycles. The van der Waals surface area contributed by atoms with E-state index in [1.54, 1.807) is 0 Å². The number of aryl methyl sites for hydroxylation is 2. The zero-order chi connectivity index (χ0) is 24.5. The van der Waals surface area contributed by atoms with Crippen LogP contribution in [0.5, 0.6) is 0 Å². The summed E-state index contributed by atoms with van der Waals surface area (Å²) in [5, 5.41) is 10.8. The standard InChI is InChI=1S/C34H28P2.2ClH.Ru/c1-23-11-17-27(18-12-23)35-31-21-15-25-7-3-5-9-29(25)33(31)34-30-10-6-4-8-26(30)16-22-32(34)36-28-19-13-24(2)14-20-28;;;/h3-22,35-36H,1-2H3;2*1H;. The van der Waals surface area contributed by atoms with Crippen molar-refractivity contribution < 1.29 is 19.5 Å². The normalized spacial score (nSPS) is 11.0. The Morgan fingerprint density at radius 2 is 0.769 bits per heavy atom. The quantitative estimate of drug-likeness (QED) is 0.128. The number of rotatable bonds is 5. The van der Waals surface area contributed by atoms with Crippen LogP contribution in [0.3, 0.4) is 0 Å². The first-order valence-corrected chi connectivity index (χ1v) is 14.4. The van der Waals surface area contributed by atoms with E-state index in [1.807, 2.05) is 0 Å². The van der Waals surface area contributed by atoms with Gasteiger partial charge in [0.05, 0.1) is 0 Å². The van der Waals surface area contributed by atoms with Crippen molar-refractivity contribution in [1.82, 2.24) is 0 Å². The zero-order valence-corrected chi connectivity index (χ0v) is 27.1. The molecule has 0 aliphatic carbocycles. The molecule has 2 atom stereocenters. The molecule has 0 fully saturated rings. The summed E-state index contributed by atoms with van der Waals surface area (Å²) in [7, 11) is 1.20. The molecule has 0 aliphatic rings. The predicted octanol–water partition coefficient (Wildman–Crippen LogP) is 8.38. The van der Waals surface area contributed by atoms with Gasteiger partial charge in [0.1, 0.15) is 0 Å². The monoisotopic (exact) mass is 672 g/mol. The zero-order valence-electron chi connectivity index (χ0n) is 21.7. The van der Waals surface area contributed by atoms with E-state index >= 15 is 0 Å². The molecule has 0 aromatic heterocycles. The summed E-state index contributed by atoms with van der Waals surface area (Å²) in [4.78, 5) is 0. The van der Waals surface area contributed by atoms with E-state index in [9.17, 15) is 0 Å². The second-order valence-electron chi connectivity index (χ2n) is 9.40. The Morgan fingerprint density at radius 3 is 1.15 bits per heavy atom. The minimum Gasteiger partial charge on any atom is -0.147 e. The summed E-state index contributed by atoms with van der Waals surface area (Å²) in [5.41, 5.74) is 5.38. The molecule has 0 radical (unpaired) electrons. The van der Waals surface area contributed by atoms with Crippen LogP contribution < -0.4 is 21.2 Å². The van der Waals surface area contributed by atoms with Crippen LogP contribution in [0.2, 0.25) is 0 Å². The van der Waals surface area contributed by atoms with Gasteiger partial charge in [-0.25, -0.2) is 0 Å². The predicted molar refractivity (Wildman–Crippen MR) is 179 cm³/mol. The van der Waals surface area contributed by atoms with Gasteiger partial charge in [-0.15, -0.1) is 24.8 Å². The summed E-state index contributed by atoms with van der Waals surface area (Å²) in [6.45, 7) is 4.31. The Kier molecular flexibility index (Phi) is 11.3. The van der Waals surface area contributed by atoms with Gasteiger partial charge in [-0.2, -0.15) is 0 Å². The average Bonchev–Trinajstić information content (AvgIpc) is 2.91. The summed E-state index contributed by atoms with van der Waals surface area (Å²) >= 11 is 0. The SMILES string of the molecule is Cc1ccc(Pc2ccc3ccccc3c2-c2c(Pc3ccc(C)cc3)ccc3ccccc23)cc1.Cl.Cl.[Ru]. The van der Waals surface area contributed by atoms with Gasteiger partial charge in [-0.05, 0) is 67.7 Å². The van der Waals surface area contributed by atoms with E-state index in [0.717, 1.165) is 0 Å². The molecule has 198 valence electrons. The maximum atomic E-state index is 2.36. The Balaban J connectivity index is 0.00000140. The molecule has 0 saturated heterocycles. The first-order chi connectivity index (χ1) is 17.7. The molecule has 0 spiro atoms. The second kappa shape index (κ2) is 14.0. The van der Waals surface area contributed by atoms with Gasteiger partial charge in [0, 0.05) is 19.5 Å². The van der Waals surface area contributed by atoms with E-state index in [-0.39, 0.29) is 44.3 Å². The van der Waals surface area contributed by atoms with Gasteiger partial charge in [0.2, 0.25) is 0 Å². The fourth-order valence-corrected chi connectivity index (χ4v) is 7.27. The molecule has 2 unspecified atom stereocenters. The summed E-state index contributed by atoms with van der Waals surface area (Å²) in [6, 6.07) is 45.1. The smallest absolute Gasteiger partial charge is 0 e. The molecular formula is C34H30Cl2P2Ru. The molecule has 5 heteroatoms. The van der Waals surface area contributed by atoms with Crippen molar-refractivity contribution in [2.45, 2.75) is 13.8 Å². The third-order valence-corrected chi connectivity index (χ3v) is 9.39. The van der Waals surface area contributed by atoms with Gasteiger partial charge in [-0.3, -0.25) is 0 Å². The minimum absolute atomic E-state index is 0. The number of hydrogen-bond donors (Lipinski definition) is 0. The molecule has 0 N–H and O–H groups in total. The summed E-state index contributed by atoms with van der Waals surface area (Å²) in [5.74, 6) is 0. The van der Waals surface area contributed by atoms with E-state index < -0.39 is 0 Å². The van der Waals surface area contributed by atoms with Crippen LogP contribution in [0, 0.1) is 13.8 Å². The fraction of sp³-hybridized carbons (Fsp3) is 0.0588. The maximum absolute atomic E-state index is 2.36. The molecule has 0 bridgehead atoms. The van der Waals surface area contributed by atoms with E-state index in [2.05, 4.69) is 135 Å². The summed E-state index contributed by atoms with van der Waals surface area (Å²) in [6.07, 6.45) is 0. The molecule has 0 nitrogen and oxygen atoms in total. The van der Waals surface area contributed by atoms with Gasteiger partial charge in [0.25, 0.3) is 0 Å². The van der Waals surface area contributed by atoms with Gasteiger partial charge in [0.15, 0.2) is 0 Å². The Bertz CT molecular complexity index is 1570. The largest absolute Gasteiger partial charge is 0.147 e. The molecule has 6 rings (SSSR count). The number of halogens is 2. The summed E-state index contributed by atoms with van der Waals surface area (Å²) < 4.78 is 0. The number of benzene rings is 6. The maximum Gasteiger partial charge on any atom is 0 e. The van der Waals surface area contributed by atoms with Gasteiger partial charge < -0.3 is 0 Å². The first-order valence-electron chi connectivity index (χ1n) is 12.4. The number of fused-ring (bicyclic) bond motifs is 2. The van der Waals surface area contributed by atoms with Crippen molar-refractivity contribution in [2.24, 2.45) is 0 Å². The van der Waals surface area contributed by atoms with Crippen LogP contribution in [0.4, 0.5) is 0 Å². The Morgan fingerprint density at radius 1 is 0.410 bits per heavy atom. The Labute approximate surface area is 260 Å². The van der Waals surface area contributed by atoms with Crippen molar-refractivity contribution in [2.75, 3.05) is 0 Å². The van der Waals surface area contributed by atoms with Crippen molar-refractivity contribution >= 4 is 84.7 Å². The van der Waals surface area contributed by atoms with Crippen LogP contribution in [0.15, 0.2) is 121 Å². The third-order valence-electron chi connectivity index (χ3n) is 6.77. The van der Waals surface area contributed by atoms with Crippen LogP contribution in [0.25, 0.3) is 32.7 Å². The van der Waals surface area contributed by atoms with Crippen molar-refractivity contribution in [1.29, 1.82) is 0 Å². The molecule has 39 heavy (non-hydrogen) atoms. The van der Waals surface area contributed by atoms with Gasteiger partial charge in [-0.1, -0.05) is 150 Å². The Hall–Kier alpha value is -2.10. The molecule has 6 aromatic rings. The number of hydrogen-bond acceptors (Lipinski definition) is 0.